The summed E-state index contributed by atoms with van der Waals surface area (Å²) >= 11 is 1.61. The molecule has 1 atom stereocenters. The van der Waals surface area contributed by atoms with Crippen LogP contribution in [-0.2, 0) is 9.53 Å². The van der Waals surface area contributed by atoms with Crippen LogP contribution in [0, 0.1) is 0 Å². The van der Waals surface area contributed by atoms with Gasteiger partial charge in [0.15, 0.2) is 0 Å². The number of carbonyl (C=O) groups excluding carboxylic acids is 1. The second kappa shape index (κ2) is 7.02. The summed E-state index contributed by atoms with van der Waals surface area (Å²) < 4.78 is 4.79. The predicted octanol–water partition coefficient (Wildman–Crippen LogP) is 2.90. The summed E-state index contributed by atoms with van der Waals surface area (Å²) in [6.45, 7) is 2.10. The van der Waals surface area contributed by atoms with Gasteiger partial charge in [-0.25, -0.2) is 4.98 Å². The van der Waals surface area contributed by atoms with Gasteiger partial charge in [0.05, 0.1) is 6.04 Å². The van der Waals surface area contributed by atoms with E-state index in [4.69, 9.17) is 4.74 Å². The van der Waals surface area contributed by atoms with Gasteiger partial charge in [-0.15, -0.1) is 11.3 Å². The van der Waals surface area contributed by atoms with Crippen LogP contribution in [0.5, 0.6) is 0 Å². The summed E-state index contributed by atoms with van der Waals surface area (Å²) in [6.07, 6.45) is 1.79. The lowest BCUT2D eigenvalue weighted by Gasteiger charge is -2.14. The van der Waals surface area contributed by atoms with Crippen molar-refractivity contribution in [3.8, 4) is 0 Å². The lowest BCUT2D eigenvalue weighted by molar-refractivity contribution is -0.119. The quantitative estimate of drug-likeness (QED) is 0.859. The number of hydrogen-bond donors (Lipinski definition) is 2. The standard InChI is InChI=1S/C14H17N3O2S/c1-10(14-15-6-7-20-14)16-11-4-3-5-12(8-11)17-13(18)9-19-2/h3-8,10,16H,9H2,1-2H3,(H,17,18). The molecule has 0 fully saturated rings. The summed E-state index contributed by atoms with van der Waals surface area (Å²) in [7, 11) is 1.49. The average Bonchev–Trinajstić information content (AvgIpc) is 2.93. The maximum atomic E-state index is 11.5. The molecule has 1 unspecified atom stereocenters. The van der Waals surface area contributed by atoms with Crippen molar-refractivity contribution in [2.45, 2.75) is 13.0 Å². The van der Waals surface area contributed by atoms with Gasteiger partial charge in [0.1, 0.15) is 11.6 Å². The van der Waals surface area contributed by atoms with Gasteiger partial charge in [-0.1, -0.05) is 6.07 Å². The zero-order valence-corrected chi connectivity index (χ0v) is 12.2. The van der Waals surface area contributed by atoms with Gasteiger partial charge in [-0.2, -0.15) is 0 Å². The van der Waals surface area contributed by atoms with Gasteiger partial charge in [-0.05, 0) is 25.1 Å². The van der Waals surface area contributed by atoms with Crippen LogP contribution in [0.4, 0.5) is 11.4 Å². The number of anilines is 2. The molecular formula is C14H17N3O2S. The molecule has 0 saturated heterocycles. The van der Waals surface area contributed by atoms with E-state index < -0.39 is 0 Å². The number of rotatable bonds is 6. The minimum Gasteiger partial charge on any atom is -0.376 e. The van der Waals surface area contributed by atoms with Crippen LogP contribution in [0.2, 0.25) is 0 Å². The molecule has 1 amide bonds. The summed E-state index contributed by atoms with van der Waals surface area (Å²) in [4.78, 5) is 15.7. The number of carbonyl (C=O) groups is 1. The Kier molecular flexibility index (Phi) is 5.09. The van der Waals surface area contributed by atoms with Crippen molar-refractivity contribution in [1.82, 2.24) is 4.98 Å². The lowest BCUT2D eigenvalue weighted by atomic mass is 10.2. The fourth-order valence-electron chi connectivity index (χ4n) is 1.77. The van der Waals surface area contributed by atoms with E-state index in [1.54, 1.807) is 17.5 Å². The molecule has 5 nitrogen and oxygen atoms in total. The molecule has 0 aliphatic rings. The molecule has 20 heavy (non-hydrogen) atoms. The van der Waals surface area contributed by atoms with Crippen molar-refractivity contribution < 1.29 is 9.53 Å². The zero-order valence-electron chi connectivity index (χ0n) is 11.4. The maximum Gasteiger partial charge on any atom is 0.250 e. The number of amides is 1. The van der Waals surface area contributed by atoms with Gasteiger partial charge in [0.2, 0.25) is 5.91 Å². The van der Waals surface area contributed by atoms with E-state index in [0.717, 1.165) is 16.4 Å². The van der Waals surface area contributed by atoms with Crippen LogP contribution < -0.4 is 10.6 Å². The molecule has 0 bridgehead atoms. The number of nitrogens with zero attached hydrogens (tertiary/aromatic N) is 1. The normalized spacial score (nSPS) is 11.9. The first-order valence-electron chi connectivity index (χ1n) is 6.24. The fraction of sp³-hybridized carbons (Fsp3) is 0.286. The van der Waals surface area contributed by atoms with Gasteiger partial charge < -0.3 is 15.4 Å². The highest BCUT2D eigenvalue weighted by atomic mass is 32.1. The molecule has 0 aliphatic heterocycles. The molecule has 1 heterocycles. The lowest BCUT2D eigenvalue weighted by Crippen LogP contribution is -2.17. The molecule has 0 saturated carbocycles. The summed E-state index contributed by atoms with van der Waals surface area (Å²) in [5.41, 5.74) is 1.67. The molecule has 6 heteroatoms. The van der Waals surface area contributed by atoms with E-state index in [2.05, 4.69) is 22.5 Å². The summed E-state index contributed by atoms with van der Waals surface area (Å²) in [6, 6.07) is 7.69. The van der Waals surface area contributed by atoms with Gasteiger partial charge in [0, 0.05) is 30.1 Å². The topological polar surface area (TPSA) is 63.2 Å². The van der Waals surface area contributed by atoms with Crippen LogP contribution in [0.1, 0.15) is 18.0 Å². The third-order valence-corrected chi connectivity index (χ3v) is 3.59. The van der Waals surface area contributed by atoms with Crippen LogP contribution >= 0.6 is 11.3 Å². The molecule has 2 N–H and O–H groups in total. The van der Waals surface area contributed by atoms with Crippen molar-refractivity contribution in [1.29, 1.82) is 0 Å². The van der Waals surface area contributed by atoms with E-state index in [1.807, 2.05) is 29.6 Å². The third kappa shape index (κ3) is 4.04. The maximum absolute atomic E-state index is 11.5. The Bertz CT molecular complexity index is 557. The molecule has 0 spiro atoms. The van der Waals surface area contributed by atoms with E-state index >= 15 is 0 Å². The minimum atomic E-state index is -0.169. The molecule has 2 rings (SSSR count). The first kappa shape index (κ1) is 14.5. The van der Waals surface area contributed by atoms with Crippen molar-refractivity contribution in [2.24, 2.45) is 0 Å². The molecule has 0 radical (unpaired) electrons. The number of ether oxygens (including phenoxy) is 1. The third-order valence-electron chi connectivity index (χ3n) is 2.63. The van der Waals surface area contributed by atoms with Crippen LogP contribution in [-0.4, -0.2) is 24.6 Å². The number of aromatic nitrogens is 1. The monoisotopic (exact) mass is 291 g/mol. The van der Waals surface area contributed by atoms with Crippen molar-refractivity contribution in [3.63, 3.8) is 0 Å². The Labute approximate surface area is 122 Å². The van der Waals surface area contributed by atoms with Crippen molar-refractivity contribution >= 4 is 28.6 Å². The second-order valence-corrected chi connectivity index (χ2v) is 5.22. The Hall–Kier alpha value is -1.92. The highest BCUT2D eigenvalue weighted by molar-refractivity contribution is 7.09. The fourth-order valence-corrected chi connectivity index (χ4v) is 2.42. The van der Waals surface area contributed by atoms with E-state index in [9.17, 15) is 4.79 Å². The van der Waals surface area contributed by atoms with Gasteiger partial charge in [0.25, 0.3) is 0 Å². The molecule has 1 aromatic carbocycles. The molecule has 0 aliphatic carbocycles. The van der Waals surface area contributed by atoms with Gasteiger partial charge in [-0.3, -0.25) is 4.79 Å². The zero-order chi connectivity index (χ0) is 14.4. The Balaban J connectivity index is 2.00. The van der Waals surface area contributed by atoms with Crippen LogP contribution in [0.25, 0.3) is 0 Å². The Morgan fingerprint density at radius 3 is 2.95 bits per heavy atom. The van der Waals surface area contributed by atoms with Crippen molar-refractivity contribution in [2.75, 3.05) is 24.4 Å². The number of benzene rings is 1. The van der Waals surface area contributed by atoms with E-state index in [0.29, 0.717) is 0 Å². The van der Waals surface area contributed by atoms with E-state index in [-0.39, 0.29) is 18.6 Å². The number of nitrogens with one attached hydrogen (secondary N) is 2. The highest BCUT2D eigenvalue weighted by Crippen LogP contribution is 2.22. The van der Waals surface area contributed by atoms with Crippen molar-refractivity contribution in [3.05, 3.63) is 40.8 Å². The van der Waals surface area contributed by atoms with Crippen LogP contribution in [0.15, 0.2) is 35.8 Å². The molecular weight excluding hydrogens is 274 g/mol. The largest absolute Gasteiger partial charge is 0.376 e. The smallest absolute Gasteiger partial charge is 0.250 e. The number of methoxy groups -OCH3 is 1. The minimum absolute atomic E-state index is 0.0488. The molecule has 2 aromatic rings. The highest BCUT2D eigenvalue weighted by Gasteiger charge is 2.08. The van der Waals surface area contributed by atoms with E-state index in [1.165, 1.54) is 7.11 Å². The second-order valence-electron chi connectivity index (χ2n) is 4.30. The van der Waals surface area contributed by atoms with Crippen LogP contribution in [0.3, 0.4) is 0 Å². The Morgan fingerprint density at radius 2 is 2.25 bits per heavy atom. The summed E-state index contributed by atoms with van der Waals surface area (Å²) in [5, 5.41) is 9.11. The van der Waals surface area contributed by atoms with Gasteiger partial charge >= 0.3 is 0 Å². The Morgan fingerprint density at radius 1 is 1.45 bits per heavy atom. The SMILES string of the molecule is COCC(=O)Nc1cccc(NC(C)c2nccs2)c1. The number of hydrogen-bond acceptors (Lipinski definition) is 5. The first-order valence-corrected chi connectivity index (χ1v) is 7.12. The number of thiazole rings is 1. The summed E-state index contributed by atoms with van der Waals surface area (Å²) in [5.74, 6) is -0.169. The molecule has 1 aromatic heterocycles. The average molecular weight is 291 g/mol. The first-order chi connectivity index (χ1) is 9.69. The molecule has 106 valence electrons. The predicted molar refractivity (Wildman–Crippen MR) is 81.1 cm³/mol.